The summed E-state index contributed by atoms with van der Waals surface area (Å²) in [6.07, 6.45) is 0. The van der Waals surface area contributed by atoms with E-state index in [1.54, 1.807) is 32.4 Å². The van der Waals surface area contributed by atoms with Gasteiger partial charge >= 0.3 is 0 Å². The van der Waals surface area contributed by atoms with Crippen LogP contribution in [0.4, 0.5) is 0 Å². The summed E-state index contributed by atoms with van der Waals surface area (Å²) in [6.45, 7) is 1.37. The number of rotatable bonds is 7. The molecule has 0 saturated carbocycles. The zero-order valence-corrected chi connectivity index (χ0v) is 11.8. The van der Waals surface area contributed by atoms with Crippen molar-refractivity contribution in [3.8, 4) is 0 Å². The smallest absolute Gasteiger partial charge is 0.242 e. The Morgan fingerprint density at radius 3 is 2.72 bits per heavy atom. The molecule has 0 spiro atoms. The van der Waals surface area contributed by atoms with E-state index < -0.39 is 10.0 Å². The number of hydrogen-bond acceptors (Lipinski definition) is 4. The van der Waals surface area contributed by atoms with Crippen LogP contribution in [0.1, 0.15) is 5.56 Å². The van der Waals surface area contributed by atoms with Gasteiger partial charge in [-0.15, -0.1) is 0 Å². The number of sulfonamides is 1. The maximum Gasteiger partial charge on any atom is 0.242 e. The number of nitrogens with one attached hydrogen (secondary N) is 1. The lowest BCUT2D eigenvalue weighted by molar-refractivity contribution is 0.185. The van der Waals surface area contributed by atoms with Crippen LogP contribution >= 0.6 is 0 Å². The normalized spacial score (nSPS) is 12.0. The summed E-state index contributed by atoms with van der Waals surface area (Å²) in [5.74, 6) is 0. The van der Waals surface area contributed by atoms with Gasteiger partial charge in [0, 0.05) is 27.2 Å². The average Bonchev–Trinajstić information content (AvgIpc) is 2.36. The minimum atomic E-state index is -3.43. The molecule has 1 rings (SSSR count). The second-order valence-corrected chi connectivity index (χ2v) is 6.04. The van der Waals surface area contributed by atoms with Gasteiger partial charge in [-0.2, -0.15) is 4.31 Å². The SMILES string of the molecule is CNCc1cccc(S(=O)(=O)N(C)CCOC)c1. The highest BCUT2D eigenvalue weighted by atomic mass is 32.2. The average molecular weight is 272 g/mol. The Morgan fingerprint density at radius 1 is 1.39 bits per heavy atom. The lowest BCUT2D eigenvalue weighted by Gasteiger charge is -2.17. The highest BCUT2D eigenvalue weighted by Gasteiger charge is 2.20. The number of hydrogen-bond donors (Lipinski definition) is 1. The Hall–Kier alpha value is -0.950. The van der Waals surface area contributed by atoms with Gasteiger partial charge in [-0.05, 0) is 24.7 Å². The number of methoxy groups -OCH3 is 1. The first kappa shape index (κ1) is 15.1. The van der Waals surface area contributed by atoms with Gasteiger partial charge in [0.25, 0.3) is 0 Å². The van der Waals surface area contributed by atoms with Crippen molar-refractivity contribution in [2.45, 2.75) is 11.4 Å². The molecule has 0 heterocycles. The third-order valence-electron chi connectivity index (χ3n) is 2.60. The molecule has 0 bridgehead atoms. The number of nitrogens with zero attached hydrogens (tertiary/aromatic N) is 1. The maximum atomic E-state index is 12.2. The van der Waals surface area contributed by atoms with E-state index in [0.29, 0.717) is 24.6 Å². The van der Waals surface area contributed by atoms with Crippen molar-refractivity contribution in [1.82, 2.24) is 9.62 Å². The molecule has 0 aromatic heterocycles. The van der Waals surface area contributed by atoms with Crippen LogP contribution in [0, 0.1) is 0 Å². The molecule has 0 amide bonds. The summed E-state index contributed by atoms with van der Waals surface area (Å²) in [6, 6.07) is 6.95. The molecule has 18 heavy (non-hydrogen) atoms. The quantitative estimate of drug-likeness (QED) is 0.793. The van der Waals surface area contributed by atoms with Crippen molar-refractivity contribution in [2.75, 3.05) is 34.4 Å². The Morgan fingerprint density at radius 2 is 2.11 bits per heavy atom. The second kappa shape index (κ2) is 6.84. The molecule has 0 saturated heterocycles. The van der Waals surface area contributed by atoms with Crippen molar-refractivity contribution in [3.05, 3.63) is 29.8 Å². The molecule has 0 atom stereocenters. The summed E-state index contributed by atoms with van der Waals surface area (Å²) in [4.78, 5) is 0.314. The van der Waals surface area contributed by atoms with Crippen LogP contribution in [-0.2, 0) is 21.3 Å². The highest BCUT2D eigenvalue weighted by molar-refractivity contribution is 7.89. The molecular formula is C12H20N2O3S. The monoisotopic (exact) mass is 272 g/mol. The molecule has 0 radical (unpaired) electrons. The van der Waals surface area contributed by atoms with Gasteiger partial charge in [0.1, 0.15) is 0 Å². The third-order valence-corrected chi connectivity index (χ3v) is 4.45. The molecule has 6 heteroatoms. The van der Waals surface area contributed by atoms with Gasteiger partial charge < -0.3 is 10.1 Å². The fourth-order valence-electron chi connectivity index (χ4n) is 1.54. The Balaban J connectivity index is 2.93. The van der Waals surface area contributed by atoms with Crippen LogP contribution in [0.3, 0.4) is 0 Å². The van der Waals surface area contributed by atoms with Crippen LogP contribution in [0.15, 0.2) is 29.2 Å². The summed E-state index contributed by atoms with van der Waals surface area (Å²) < 4.78 is 30.7. The Kier molecular flexibility index (Phi) is 5.74. The van der Waals surface area contributed by atoms with Crippen molar-refractivity contribution in [2.24, 2.45) is 0 Å². The van der Waals surface area contributed by atoms with Gasteiger partial charge in [0.05, 0.1) is 11.5 Å². The minimum absolute atomic E-state index is 0.314. The van der Waals surface area contributed by atoms with Crippen molar-refractivity contribution in [3.63, 3.8) is 0 Å². The van der Waals surface area contributed by atoms with E-state index in [0.717, 1.165) is 5.56 Å². The van der Waals surface area contributed by atoms with E-state index in [1.807, 2.05) is 13.1 Å². The molecule has 1 aromatic rings. The summed E-state index contributed by atoms with van der Waals surface area (Å²) in [5, 5.41) is 3.00. The maximum absolute atomic E-state index is 12.2. The lowest BCUT2D eigenvalue weighted by atomic mass is 10.2. The zero-order chi connectivity index (χ0) is 13.6. The second-order valence-electron chi connectivity index (χ2n) is 4.00. The Labute approximate surface area is 109 Å². The third kappa shape index (κ3) is 3.78. The molecule has 5 nitrogen and oxygen atoms in total. The van der Waals surface area contributed by atoms with Crippen LogP contribution in [-0.4, -0.2) is 47.1 Å². The van der Waals surface area contributed by atoms with E-state index in [9.17, 15) is 8.42 Å². The van der Waals surface area contributed by atoms with E-state index in [1.165, 1.54) is 4.31 Å². The van der Waals surface area contributed by atoms with Crippen LogP contribution in [0.2, 0.25) is 0 Å². The van der Waals surface area contributed by atoms with E-state index >= 15 is 0 Å². The number of benzene rings is 1. The van der Waals surface area contributed by atoms with E-state index in [4.69, 9.17) is 4.74 Å². The molecule has 0 aliphatic rings. The Bertz CT molecular complexity index is 474. The zero-order valence-electron chi connectivity index (χ0n) is 11.0. The molecule has 0 unspecified atom stereocenters. The van der Waals surface area contributed by atoms with Crippen molar-refractivity contribution >= 4 is 10.0 Å². The molecule has 0 aliphatic carbocycles. The van der Waals surface area contributed by atoms with Crippen LogP contribution in [0.25, 0.3) is 0 Å². The molecule has 1 aromatic carbocycles. The highest BCUT2D eigenvalue weighted by Crippen LogP contribution is 2.15. The molecule has 0 aliphatic heterocycles. The van der Waals surface area contributed by atoms with Crippen LogP contribution < -0.4 is 5.32 Å². The molecule has 1 N–H and O–H groups in total. The summed E-state index contributed by atoms with van der Waals surface area (Å²) in [7, 11) is 1.50. The standard InChI is InChI=1S/C12H20N2O3S/c1-13-10-11-5-4-6-12(9-11)18(15,16)14(2)7-8-17-3/h4-6,9,13H,7-8,10H2,1-3H3. The fraction of sp³-hybridized carbons (Fsp3) is 0.500. The topological polar surface area (TPSA) is 58.6 Å². The van der Waals surface area contributed by atoms with E-state index in [-0.39, 0.29) is 0 Å². The van der Waals surface area contributed by atoms with Gasteiger partial charge in [0.15, 0.2) is 0 Å². The molecule has 0 fully saturated rings. The van der Waals surface area contributed by atoms with Gasteiger partial charge in [-0.25, -0.2) is 8.42 Å². The van der Waals surface area contributed by atoms with Crippen molar-refractivity contribution in [1.29, 1.82) is 0 Å². The first-order valence-corrected chi connectivity index (χ1v) is 7.15. The summed E-state index contributed by atoms with van der Waals surface area (Å²) >= 11 is 0. The first-order valence-electron chi connectivity index (χ1n) is 5.71. The fourth-order valence-corrected chi connectivity index (χ4v) is 2.77. The number of likely N-dealkylation sites (N-methyl/N-ethyl adjacent to an activating group) is 1. The largest absolute Gasteiger partial charge is 0.383 e. The van der Waals surface area contributed by atoms with Crippen LogP contribution in [0.5, 0.6) is 0 Å². The van der Waals surface area contributed by atoms with Gasteiger partial charge in [-0.1, -0.05) is 12.1 Å². The molecular weight excluding hydrogens is 252 g/mol. The van der Waals surface area contributed by atoms with E-state index in [2.05, 4.69) is 5.32 Å². The predicted molar refractivity (Wildman–Crippen MR) is 70.9 cm³/mol. The predicted octanol–water partition coefficient (Wildman–Crippen LogP) is 0.673. The number of ether oxygens (including phenoxy) is 1. The summed E-state index contributed by atoms with van der Waals surface area (Å²) in [5.41, 5.74) is 0.943. The van der Waals surface area contributed by atoms with Crippen molar-refractivity contribution < 1.29 is 13.2 Å². The first-order chi connectivity index (χ1) is 8.52. The lowest BCUT2D eigenvalue weighted by Crippen LogP contribution is -2.30. The van der Waals surface area contributed by atoms with Gasteiger partial charge in [0.2, 0.25) is 10.0 Å². The van der Waals surface area contributed by atoms with Gasteiger partial charge in [-0.3, -0.25) is 0 Å². The minimum Gasteiger partial charge on any atom is -0.383 e. The molecule has 102 valence electrons.